The summed E-state index contributed by atoms with van der Waals surface area (Å²) in [6.45, 7) is 10.6. The van der Waals surface area contributed by atoms with E-state index in [2.05, 4.69) is 16.2 Å². The standard InChI is InChI=1S/C12H25N3O3/c1-8(18-7)9(16)14-15-12(5,6)13-10(17)11(2,3)4/h8,15H,1-7H3,(H,13,17)(H,14,16). The van der Waals surface area contributed by atoms with Gasteiger partial charge in [0.25, 0.3) is 5.91 Å². The summed E-state index contributed by atoms with van der Waals surface area (Å²) >= 11 is 0. The Hall–Kier alpha value is -1.14. The van der Waals surface area contributed by atoms with Crippen molar-refractivity contribution in [3.8, 4) is 0 Å². The summed E-state index contributed by atoms with van der Waals surface area (Å²) in [5.41, 5.74) is 4.04. The molecule has 0 rings (SSSR count). The van der Waals surface area contributed by atoms with Crippen LogP contribution in [0.25, 0.3) is 0 Å². The van der Waals surface area contributed by atoms with Crippen LogP contribution >= 0.6 is 0 Å². The average molecular weight is 259 g/mol. The number of carbonyl (C=O) groups excluding carboxylic acids is 2. The Morgan fingerprint density at radius 1 is 1.11 bits per heavy atom. The molecule has 0 saturated carbocycles. The van der Waals surface area contributed by atoms with E-state index in [-0.39, 0.29) is 11.8 Å². The summed E-state index contributed by atoms with van der Waals surface area (Å²) in [6.07, 6.45) is -0.549. The van der Waals surface area contributed by atoms with Gasteiger partial charge >= 0.3 is 0 Å². The minimum absolute atomic E-state index is 0.103. The predicted octanol–water partition coefficient (Wildman–Crippen LogP) is 0.541. The van der Waals surface area contributed by atoms with Gasteiger partial charge in [0.05, 0.1) is 0 Å². The van der Waals surface area contributed by atoms with Gasteiger partial charge in [-0.15, -0.1) is 0 Å². The number of ether oxygens (including phenoxy) is 1. The number of carbonyl (C=O) groups is 2. The molecular formula is C12H25N3O3. The van der Waals surface area contributed by atoms with E-state index >= 15 is 0 Å². The molecule has 0 spiro atoms. The van der Waals surface area contributed by atoms with Gasteiger partial charge in [0.2, 0.25) is 5.91 Å². The van der Waals surface area contributed by atoms with Crippen LogP contribution < -0.4 is 16.2 Å². The maximum absolute atomic E-state index is 11.8. The van der Waals surface area contributed by atoms with E-state index in [0.29, 0.717) is 0 Å². The van der Waals surface area contributed by atoms with Crippen LogP contribution in [-0.4, -0.2) is 30.7 Å². The fraction of sp³-hybridized carbons (Fsp3) is 0.833. The lowest BCUT2D eigenvalue weighted by Crippen LogP contribution is -2.62. The van der Waals surface area contributed by atoms with Crippen LogP contribution in [0.2, 0.25) is 0 Å². The molecular weight excluding hydrogens is 234 g/mol. The van der Waals surface area contributed by atoms with Crippen molar-refractivity contribution in [3.05, 3.63) is 0 Å². The van der Waals surface area contributed by atoms with Gasteiger partial charge in [-0.3, -0.25) is 15.0 Å². The van der Waals surface area contributed by atoms with Crippen molar-refractivity contribution in [2.24, 2.45) is 5.41 Å². The normalized spacial score (nSPS) is 13.9. The molecule has 1 unspecified atom stereocenters. The van der Waals surface area contributed by atoms with Crippen molar-refractivity contribution < 1.29 is 14.3 Å². The van der Waals surface area contributed by atoms with Crippen LogP contribution in [0.4, 0.5) is 0 Å². The van der Waals surface area contributed by atoms with Crippen molar-refractivity contribution in [1.29, 1.82) is 0 Å². The molecule has 0 fully saturated rings. The monoisotopic (exact) mass is 259 g/mol. The predicted molar refractivity (Wildman–Crippen MR) is 69.4 cm³/mol. The quantitative estimate of drug-likeness (QED) is 0.497. The number of rotatable bonds is 5. The molecule has 6 nitrogen and oxygen atoms in total. The molecule has 0 aliphatic rings. The average Bonchev–Trinajstić information content (AvgIpc) is 2.23. The number of hydrogen-bond acceptors (Lipinski definition) is 4. The fourth-order valence-electron chi connectivity index (χ4n) is 0.929. The molecule has 0 aliphatic heterocycles. The summed E-state index contributed by atoms with van der Waals surface area (Å²) < 4.78 is 4.87. The first-order valence-electron chi connectivity index (χ1n) is 5.92. The van der Waals surface area contributed by atoms with Crippen molar-refractivity contribution in [2.45, 2.75) is 53.3 Å². The summed E-state index contributed by atoms with van der Waals surface area (Å²) in [4.78, 5) is 23.3. The molecule has 0 aromatic carbocycles. The van der Waals surface area contributed by atoms with Crippen LogP contribution in [0.1, 0.15) is 41.5 Å². The van der Waals surface area contributed by atoms with Crippen LogP contribution in [0.5, 0.6) is 0 Å². The van der Waals surface area contributed by atoms with Gasteiger partial charge in [-0.25, -0.2) is 5.43 Å². The van der Waals surface area contributed by atoms with Crippen LogP contribution in [0, 0.1) is 5.41 Å². The van der Waals surface area contributed by atoms with E-state index in [1.165, 1.54) is 7.11 Å². The van der Waals surface area contributed by atoms with Gasteiger partial charge in [0.15, 0.2) is 0 Å². The zero-order valence-corrected chi connectivity index (χ0v) is 12.3. The minimum Gasteiger partial charge on any atom is -0.372 e. The van der Waals surface area contributed by atoms with Gasteiger partial charge in [-0.2, -0.15) is 0 Å². The maximum atomic E-state index is 11.8. The number of methoxy groups -OCH3 is 1. The molecule has 106 valence electrons. The number of hydrazine groups is 1. The smallest absolute Gasteiger partial charge is 0.262 e. The Morgan fingerprint density at radius 2 is 1.61 bits per heavy atom. The van der Waals surface area contributed by atoms with E-state index in [0.717, 1.165) is 0 Å². The summed E-state index contributed by atoms with van der Waals surface area (Å²) in [5, 5.41) is 2.80. The first-order chi connectivity index (χ1) is 7.99. The summed E-state index contributed by atoms with van der Waals surface area (Å²) in [6, 6.07) is 0. The molecule has 2 amide bonds. The fourth-order valence-corrected chi connectivity index (χ4v) is 0.929. The summed E-state index contributed by atoms with van der Waals surface area (Å²) in [7, 11) is 1.46. The van der Waals surface area contributed by atoms with Gasteiger partial charge < -0.3 is 10.1 Å². The molecule has 1 atom stereocenters. The zero-order chi connectivity index (χ0) is 14.6. The van der Waals surface area contributed by atoms with E-state index in [1.807, 2.05) is 20.8 Å². The van der Waals surface area contributed by atoms with Crippen molar-refractivity contribution in [3.63, 3.8) is 0 Å². The molecule has 3 N–H and O–H groups in total. The third-order valence-corrected chi connectivity index (χ3v) is 2.33. The highest BCUT2D eigenvalue weighted by molar-refractivity contribution is 5.82. The van der Waals surface area contributed by atoms with Gasteiger partial charge in [-0.1, -0.05) is 20.8 Å². The molecule has 0 bridgehead atoms. The Morgan fingerprint density at radius 3 is 2.00 bits per heavy atom. The SMILES string of the molecule is COC(C)C(=O)NNC(C)(C)NC(=O)C(C)(C)C. The van der Waals surface area contributed by atoms with Crippen molar-refractivity contribution in [2.75, 3.05) is 7.11 Å². The van der Waals surface area contributed by atoms with Gasteiger partial charge in [0.1, 0.15) is 11.8 Å². The Labute approximate surface area is 109 Å². The molecule has 0 aromatic heterocycles. The molecule has 6 heteroatoms. The van der Waals surface area contributed by atoms with Gasteiger partial charge in [-0.05, 0) is 20.8 Å². The largest absolute Gasteiger partial charge is 0.372 e. The second-order valence-corrected chi connectivity index (χ2v) is 5.82. The highest BCUT2D eigenvalue weighted by Crippen LogP contribution is 2.14. The van der Waals surface area contributed by atoms with Crippen LogP contribution in [0.15, 0.2) is 0 Å². The molecule has 0 aliphatic carbocycles. The van der Waals surface area contributed by atoms with Crippen LogP contribution in [0.3, 0.4) is 0 Å². The van der Waals surface area contributed by atoms with E-state index in [9.17, 15) is 9.59 Å². The second kappa shape index (κ2) is 6.15. The van der Waals surface area contributed by atoms with Crippen molar-refractivity contribution >= 4 is 11.8 Å². The first kappa shape index (κ1) is 16.9. The van der Waals surface area contributed by atoms with Crippen molar-refractivity contribution in [1.82, 2.24) is 16.2 Å². The molecule has 0 saturated heterocycles. The van der Waals surface area contributed by atoms with Gasteiger partial charge in [0, 0.05) is 12.5 Å². The first-order valence-corrected chi connectivity index (χ1v) is 5.92. The van der Waals surface area contributed by atoms with Crippen LogP contribution in [-0.2, 0) is 14.3 Å². The Bertz CT molecular complexity index is 308. The third kappa shape index (κ3) is 5.97. The second-order valence-electron chi connectivity index (χ2n) is 5.82. The maximum Gasteiger partial charge on any atom is 0.262 e. The lowest BCUT2D eigenvalue weighted by molar-refractivity contribution is -0.134. The number of nitrogens with one attached hydrogen (secondary N) is 3. The molecule has 18 heavy (non-hydrogen) atoms. The summed E-state index contributed by atoms with van der Waals surface area (Å²) in [5.74, 6) is -0.398. The highest BCUT2D eigenvalue weighted by Gasteiger charge is 2.28. The molecule has 0 heterocycles. The number of hydrogen-bond donors (Lipinski definition) is 3. The molecule has 0 radical (unpaired) electrons. The van der Waals surface area contributed by atoms with E-state index in [1.54, 1.807) is 20.8 Å². The highest BCUT2D eigenvalue weighted by atomic mass is 16.5. The third-order valence-electron chi connectivity index (χ3n) is 2.33. The zero-order valence-electron chi connectivity index (χ0n) is 12.3. The number of amides is 2. The topological polar surface area (TPSA) is 79.5 Å². The lowest BCUT2D eigenvalue weighted by atomic mass is 9.95. The van der Waals surface area contributed by atoms with E-state index < -0.39 is 17.2 Å². The Balaban J connectivity index is 4.33. The lowest BCUT2D eigenvalue weighted by Gasteiger charge is -2.31. The molecule has 0 aromatic rings. The van der Waals surface area contributed by atoms with E-state index in [4.69, 9.17) is 4.74 Å². The Kier molecular flexibility index (Phi) is 5.76. The minimum atomic E-state index is -0.743.